The van der Waals surface area contributed by atoms with Crippen molar-refractivity contribution in [3.8, 4) is 0 Å². The van der Waals surface area contributed by atoms with Crippen molar-refractivity contribution in [2.75, 3.05) is 5.32 Å². The van der Waals surface area contributed by atoms with E-state index in [1.807, 2.05) is 16.8 Å². The molecule has 5 nitrogen and oxygen atoms in total. The standard InChI is InChI=1S/C10H8ClN3O2S/c11-9-2-1-8(14(15)16)10(13-9)12-5-7-3-4-17-6-7/h1-4,6H,5H2,(H,12,13). The highest BCUT2D eigenvalue weighted by atomic mass is 35.5. The number of thiophene rings is 1. The van der Waals surface area contributed by atoms with Gasteiger partial charge in [0.2, 0.25) is 5.82 Å². The molecule has 0 aliphatic carbocycles. The van der Waals surface area contributed by atoms with E-state index in [2.05, 4.69) is 10.3 Å². The molecule has 88 valence electrons. The molecule has 0 aliphatic heterocycles. The largest absolute Gasteiger partial charge is 0.360 e. The fourth-order valence-electron chi connectivity index (χ4n) is 1.28. The van der Waals surface area contributed by atoms with Gasteiger partial charge in [0.1, 0.15) is 5.15 Å². The maximum absolute atomic E-state index is 10.8. The van der Waals surface area contributed by atoms with Gasteiger partial charge in [-0.15, -0.1) is 0 Å². The molecule has 17 heavy (non-hydrogen) atoms. The monoisotopic (exact) mass is 269 g/mol. The number of anilines is 1. The normalized spacial score (nSPS) is 10.2. The Balaban J connectivity index is 2.19. The topological polar surface area (TPSA) is 68.1 Å². The number of nitro groups is 1. The molecule has 0 aliphatic rings. The summed E-state index contributed by atoms with van der Waals surface area (Å²) in [4.78, 5) is 14.2. The van der Waals surface area contributed by atoms with Crippen molar-refractivity contribution in [2.24, 2.45) is 0 Å². The minimum atomic E-state index is -0.487. The third-order valence-electron chi connectivity index (χ3n) is 2.08. The van der Waals surface area contributed by atoms with Crippen LogP contribution in [-0.2, 0) is 6.54 Å². The molecule has 0 aromatic carbocycles. The number of hydrogen-bond donors (Lipinski definition) is 1. The second-order valence-corrected chi connectivity index (χ2v) is 4.41. The molecule has 0 fully saturated rings. The lowest BCUT2D eigenvalue weighted by molar-refractivity contribution is -0.384. The molecule has 0 bridgehead atoms. The number of rotatable bonds is 4. The number of aromatic nitrogens is 1. The zero-order chi connectivity index (χ0) is 12.3. The highest BCUT2D eigenvalue weighted by Gasteiger charge is 2.15. The van der Waals surface area contributed by atoms with Crippen LogP contribution in [0.15, 0.2) is 29.0 Å². The summed E-state index contributed by atoms with van der Waals surface area (Å²) in [6.07, 6.45) is 0. The van der Waals surface area contributed by atoms with Gasteiger partial charge in [0, 0.05) is 12.6 Å². The summed E-state index contributed by atoms with van der Waals surface area (Å²) < 4.78 is 0. The van der Waals surface area contributed by atoms with Gasteiger partial charge >= 0.3 is 5.69 Å². The number of hydrogen-bond acceptors (Lipinski definition) is 5. The summed E-state index contributed by atoms with van der Waals surface area (Å²) in [6.45, 7) is 0.484. The maximum Gasteiger partial charge on any atom is 0.311 e. The van der Waals surface area contributed by atoms with Gasteiger partial charge in [0.25, 0.3) is 0 Å². The summed E-state index contributed by atoms with van der Waals surface area (Å²) in [5.74, 6) is 0.189. The molecule has 2 rings (SSSR count). The molecular weight excluding hydrogens is 262 g/mol. The first-order chi connectivity index (χ1) is 8.16. The van der Waals surface area contributed by atoms with Crippen LogP contribution in [0.25, 0.3) is 0 Å². The Morgan fingerprint density at radius 1 is 1.47 bits per heavy atom. The third-order valence-corrected chi connectivity index (χ3v) is 3.02. The van der Waals surface area contributed by atoms with Gasteiger partial charge in [-0.25, -0.2) is 4.98 Å². The number of nitrogens with one attached hydrogen (secondary N) is 1. The predicted molar refractivity (Wildman–Crippen MR) is 67.5 cm³/mol. The fraction of sp³-hybridized carbons (Fsp3) is 0.100. The zero-order valence-corrected chi connectivity index (χ0v) is 10.2. The van der Waals surface area contributed by atoms with Crippen LogP contribution < -0.4 is 5.32 Å². The van der Waals surface area contributed by atoms with Crippen molar-refractivity contribution in [3.63, 3.8) is 0 Å². The van der Waals surface area contributed by atoms with Gasteiger partial charge in [-0.2, -0.15) is 11.3 Å². The van der Waals surface area contributed by atoms with Crippen molar-refractivity contribution in [2.45, 2.75) is 6.54 Å². The molecule has 0 atom stereocenters. The molecule has 1 N–H and O–H groups in total. The van der Waals surface area contributed by atoms with Crippen LogP contribution in [0.1, 0.15) is 5.56 Å². The lowest BCUT2D eigenvalue weighted by Gasteiger charge is -2.05. The summed E-state index contributed by atoms with van der Waals surface area (Å²) in [6, 6.07) is 4.68. The Hall–Kier alpha value is -1.66. The molecule has 0 saturated carbocycles. The van der Waals surface area contributed by atoms with Crippen molar-refractivity contribution in [1.29, 1.82) is 0 Å². The SMILES string of the molecule is O=[N+]([O-])c1ccc(Cl)nc1NCc1ccsc1. The average Bonchev–Trinajstić information content (AvgIpc) is 2.78. The number of halogens is 1. The molecule has 7 heteroatoms. The first-order valence-electron chi connectivity index (χ1n) is 4.72. The van der Waals surface area contributed by atoms with E-state index in [1.54, 1.807) is 11.3 Å². The van der Waals surface area contributed by atoms with Gasteiger partial charge in [0.15, 0.2) is 0 Å². The number of pyridine rings is 1. The lowest BCUT2D eigenvalue weighted by atomic mass is 10.3. The number of nitrogens with zero attached hydrogens (tertiary/aromatic N) is 2. The highest BCUT2D eigenvalue weighted by Crippen LogP contribution is 2.24. The van der Waals surface area contributed by atoms with Crippen LogP contribution in [0.2, 0.25) is 5.15 Å². The van der Waals surface area contributed by atoms with Crippen molar-refractivity contribution < 1.29 is 4.92 Å². The average molecular weight is 270 g/mol. The highest BCUT2D eigenvalue weighted by molar-refractivity contribution is 7.07. The molecule has 0 saturated heterocycles. The first-order valence-corrected chi connectivity index (χ1v) is 6.05. The van der Waals surface area contributed by atoms with Crippen molar-refractivity contribution in [3.05, 3.63) is 49.8 Å². The minimum Gasteiger partial charge on any atom is -0.360 e. The third kappa shape index (κ3) is 2.92. The van der Waals surface area contributed by atoms with E-state index < -0.39 is 4.92 Å². The van der Waals surface area contributed by atoms with Gasteiger partial charge in [-0.1, -0.05) is 11.6 Å². The predicted octanol–water partition coefficient (Wildman–Crippen LogP) is 3.32. The maximum atomic E-state index is 10.8. The van der Waals surface area contributed by atoms with E-state index in [0.717, 1.165) is 5.56 Å². The van der Waals surface area contributed by atoms with E-state index in [9.17, 15) is 10.1 Å². The Bertz CT molecular complexity index is 530. The molecular formula is C10H8ClN3O2S. The molecule has 0 unspecified atom stereocenters. The summed E-state index contributed by atoms with van der Waals surface area (Å²) in [5, 5.41) is 17.8. The molecule has 0 amide bonds. The van der Waals surface area contributed by atoms with E-state index in [1.165, 1.54) is 12.1 Å². The Morgan fingerprint density at radius 2 is 2.29 bits per heavy atom. The Kier molecular flexibility index (Phi) is 3.55. The van der Waals surface area contributed by atoms with Crippen LogP contribution in [0.3, 0.4) is 0 Å². The van der Waals surface area contributed by atoms with E-state index >= 15 is 0 Å². The molecule has 2 aromatic rings. The molecule has 2 heterocycles. The van der Waals surface area contributed by atoms with Gasteiger partial charge in [0.05, 0.1) is 4.92 Å². The Labute approximate surface area is 106 Å². The van der Waals surface area contributed by atoms with E-state index in [-0.39, 0.29) is 16.7 Å². The Morgan fingerprint density at radius 3 is 2.94 bits per heavy atom. The van der Waals surface area contributed by atoms with Crippen LogP contribution >= 0.6 is 22.9 Å². The molecule has 0 radical (unpaired) electrons. The molecule has 0 spiro atoms. The fourth-order valence-corrected chi connectivity index (χ4v) is 2.10. The van der Waals surface area contributed by atoms with Crippen molar-refractivity contribution in [1.82, 2.24) is 4.98 Å². The lowest BCUT2D eigenvalue weighted by Crippen LogP contribution is -2.04. The molecule has 2 aromatic heterocycles. The van der Waals surface area contributed by atoms with Gasteiger partial charge in [-0.3, -0.25) is 10.1 Å². The quantitative estimate of drug-likeness (QED) is 0.525. The first kappa shape index (κ1) is 11.8. The van der Waals surface area contributed by atoms with Crippen LogP contribution in [0.4, 0.5) is 11.5 Å². The summed E-state index contributed by atoms with van der Waals surface area (Å²) in [7, 11) is 0. The minimum absolute atomic E-state index is 0.0790. The van der Waals surface area contributed by atoms with Gasteiger partial charge < -0.3 is 5.32 Å². The zero-order valence-electron chi connectivity index (χ0n) is 8.59. The van der Waals surface area contributed by atoms with Crippen LogP contribution in [0.5, 0.6) is 0 Å². The van der Waals surface area contributed by atoms with Crippen LogP contribution in [0, 0.1) is 10.1 Å². The van der Waals surface area contributed by atoms with Gasteiger partial charge in [-0.05, 0) is 28.5 Å². The second kappa shape index (κ2) is 5.11. The van der Waals surface area contributed by atoms with E-state index in [0.29, 0.717) is 6.54 Å². The summed E-state index contributed by atoms with van der Waals surface area (Å²) in [5.41, 5.74) is 0.968. The van der Waals surface area contributed by atoms with Crippen LogP contribution in [-0.4, -0.2) is 9.91 Å². The smallest absolute Gasteiger partial charge is 0.311 e. The van der Waals surface area contributed by atoms with Crippen molar-refractivity contribution >= 4 is 34.4 Å². The summed E-state index contributed by atoms with van der Waals surface area (Å²) >= 11 is 7.28. The second-order valence-electron chi connectivity index (χ2n) is 3.24. The van der Waals surface area contributed by atoms with E-state index in [4.69, 9.17) is 11.6 Å².